The minimum Gasteiger partial charge on any atom is -0.457 e. The lowest BCUT2D eigenvalue weighted by atomic mass is 10.2. The number of benzene rings is 3. The summed E-state index contributed by atoms with van der Waals surface area (Å²) in [5.41, 5.74) is 4.60. The van der Waals surface area contributed by atoms with Crippen LogP contribution in [0, 0.1) is 13.8 Å². The van der Waals surface area contributed by atoms with Crippen molar-refractivity contribution in [3.05, 3.63) is 122 Å². The molecule has 224 valence electrons. The number of amides is 1. The molecule has 1 N–H and O–H groups in total. The van der Waals surface area contributed by atoms with E-state index >= 15 is 0 Å². The zero-order valence-electron chi connectivity index (χ0n) is 23.9. The van der Waals surface area contributed by atoms with Gasteiger partial charge in [-0.05, 0) is 80.1 Å². The van der Waals surface area contributed by atoms with Crippen molar-refractivity contribution in [1.29, 1.82) is 0 Å². The fraction of sp³-hybridized carbons (Fsp3) is 0.0909. The van der Waals surface area contributed by atoms with Crippen LogP contribution in [0.25, 0.3) is 31.8 Å². The molecule has 4 heterocycles. The molecule has 0 spiro atoms. The molecule has 0 aliphatic heterocycles. The highest BCUT2D eigenvalue weighted by Gasteiger charge is 2.20. The lowest BCUT2D eigenvalue weighted by Crippen LogP contribution is -2.10. The van der Waals surface area contributed by atoms with Crippen LogP contribution in [0.1, 0.15) is 36.3 Å². The number of hydrogen-bond acceptors (Lipinski definition) is 7. The summed E-state index contributed by atoms with van der Waals surface area (Å²) in [6, 6.07) is 25.7. The Hall–Kier alpha value is -4.48. The molecule has 7 aromatic rings. The normalized spacial score (nSPS) is 11.4. The van der Waals surface area contributed by atoms with Crippen molar-refractivity contribution in [3.8, 4) is 11.4 Å². The highest BCUT2D eigenvalue weighted by atomic mass is 35.5. The number of halogens is 2. The number of carbonyl (C=O) groups excluding carboxylic acids is 2. The van der Waals surface area contributed by atoms with E-state index in [-0.39, 0.29) is 12.5 Å². The smallest absolute Gasteiger partial charge is 0.348 e. The van der Waals surface area contributed by atoms with Crippen molar-refractivity contribution in [3.63, 3.8) is 0 Å². The number of thiophene rings is 2. The Bertz CT molecular complexity index is 2270. The molecule has 0 saturated carbocycles. The van der Waals surface area contributed by atoms with Gasteiger partial charge in [0.25, 0.3) is 5.91 Å². The summed E-state index contributed by atoms with van der Waals surface area (Å²) >= 11 is 15.1. The number of carbonyl (C=O) groups is 2. The summed E-state index contributed by atoms with van der Waals surface area (Å²) in [7, 11) is 0. The van der Waals surface area contributed by atoms with Crippen molar-refractivity contribution < 1.29 is 14.3 Å². The van der Waals surface area contributed by atoms with E-state index < -0.39 is 5.97 Å². The van der Waals surface area contributed by atoms with Crippen LogP contribution in [-0.2, 0) is 11.3 Å². The lowest BCUT2D eigenvalue weighted by molar-refractivity contribution is 0.0478. The number of aromatic nitrogens is 4. The molecule has 45 heavy (non-hydrogen) atoms. The second-order valence-corrected chi connectivity index (χ2v) is 13.3. The third kappa shape index (κ3) is 5.73. The van der Waals surface area contributed by atoms with E-state index in [0.29, 0.717) is 25.5 Å². The monoisotopic (exact) mass is 671 g/mol. The van der Waals surface area contributed by atoms with Gasteiger partial charge in [-0.2, -0.15) is 10.2 Å². The van der Waals surface area contributed by atoms with Crippen LogP contribution in [0.2, 0.25) is 10.0 Å². The van der Waals surface area contributed by atoms with Crippen LogP contribution in [0.15, 0.2) is 84.9 Å². The van der Waals surface area contributed by atoms with E-state index in [2.05, 4.69) is 15.5 Å². The fourth-order valence-corrected chi connectivity index (χ4v) is 7.55. The minimum atomic E-state index is -0.433. The van der Waals surface area contributed by atoms with Gasteiger partial charge >= 0.3 is 5.97 Å². The zero-order chi connectivity index (χ0) is 31.2. The van der Waals surface area contributed by atoms with Crippen LogP contribution in [-0.4, -0.2) is 31.4 Å². The van der Waals surface area contributed by atoms with Gasteiger partial charge in [-0.1, -0.05) is 47.5 Å². The zero-order valence-corrected chi connectivity index (χ0v) is 27.0. The molecule has 0 unspecified atom stereocenters. The molecule has 7 rings (SSSR count). The maximum absolute atomic E-state index is 13.2. The maximum Gasteiger partial charge on any atom is 0.348 e. The van der Waals surface area contributed by atoms with Crippen molar-refractivity contribution >= 4 is 83.9 Å². The maximum atomic E-state index is 13.2. The first-order valence-electron chi connectivity index (χ1n) is 13.8. The van der Waals surface area contributed by atoms with E-state index in [1.54, 1.807) is 39.7 Å². The molecule has 1 amide bonds. The van der Waals surface area contributed by atoms with Gasteiger partial charge in [0, 0.05) is 26.5 Å². The second-order valence-electron chi connectivity index (χ2n) is 10.3. The molecule has 0 aliphatic carbocycles. The topological polar surface area (TPSA) is 91.0 Å². The van der Waals surface area contributed by atoms with E-state index in [9.17, 15) is 9.59 Å². The first kappa shape index (κ1) is 29.2. The van der Waals surface area contributed by atoms with Crippen molar-refractivity contribution in [1.82, 2.24) is 19.6 Å². The molecule has 0 atom stereocenters. The van der Waals surface area contributed by atoms with Crippen LogP contribution in [0.4, 0.5) is 5.69 Å². The number of fused-ring (bicyclic) bond motifs is 2. The second kappa shape index (κ2) is 11.8. The summed E-state index contributed by atoms with van der Waals surface area (Å²) in [6.07, 6.45) is 0. The number of hydrogen-bond donors (Lipinski definition) is 1. The molecule has 0 radical (unpaired) electrons. The van der Waals surface area contributed by atoms with Crippen LogP contribution < -0.4 is 5.32 Å². The van der Waals surface area contributed by atoms with Crippen molar-refractivity contribution in [2.45, 2.75) is 20.5 Å². The number of aryl methyl sites for hydroxylation is 2. The van der Waals surface area contributed by atoms with E-state index in [4.69, 9.17) is 27.9 Å². The van der Waals surface area contributed by atoms with E-state index in [1.165, 1.54) is 22.7 Å². The van der Waals surface area contributed by atoms with Gasteiger partial charge in [0.2, 0.25) is 0 Å². The van der Waals surface area contributed by atoms with E-state index in [0.717, 1.165) is 48.8 Å². The number of ether oxygens (including phenoxy) is 1. The van der Waals surface area contributed by atoms with Crippen molar-refractivity contribution in [2.24, 2.45) is 0 Å². The van der Waals surface area contributed by atoms with Gasteiger partial charge in [-0.3, -0.25) is 4.79 Å². The molecule has 0 aliphatic rings. The number of nitrogens with zero attached hydrogens (tertiary/aromatic N) is 4. The molecule has 8 nitrogen and oxygen atoms in total. The molecule has 12 heteroatoms. The molecular weight excluding hydrogens is 649 g/mol. The van der Waals surface area contributed by atoms with Gasteiger partial charge in [0.1, 0.15) is 21.1 Å². The largest absolute Gasteiger partial charge is 0.457 e. The van der Waals surface area contributed by atoms with Gasteiger partial charge in [-0.15, -0.1) is 22.7 Å². The fourth-order valence-electron chi connectivity index (χ4n) is 5.02. The molecule has 0 saturated heterocycles. The lowest BCUT2D eigenvalue weighted by Gasteiger charge is -2.08. The summed E-state index contributed by atoms with van der Waals surface area (Å²) < 4.78 is 9.25. The average molecular weight is 673 g/mol. The highest BCUT2D eigenvalue weighted by molar-refractivity contribution is 7.21. The molecular formula is C33H23Cl2N5O3S2. The Morgan fingerprint density at radius 3 is 1.91 bits per heavy atom. The minimum absolute atomic E-state index is 0.0493. The van der Waals surface area contributed by atoms with Crippen LogP contribution in [0.5, 0.6) is 0 Å². The number of rotatable bonds is 7. The molecule has 4 aromatic heterocycles. The van der Waals surface area contributed by atoms with E-state index in [1.807, 2.05) is 68.4 Å². The Kier molecular flexibility index (Phi) is 7.66. The van der Waals surface area contributed by atoms with Crippen LogP contribution >= 0.6 is 45.9 Å². The Morgan fingerprint density at radius 1 is 0.756 bits per heavy atom. The van der Waals surface area contributed by atoms with Gasteiger partial charge < -0.3 is 10.1 Å². The predicted octanol–water partition coefficient (Wildman–Crippen LogP) is 9.02. The number of anilines is 1. The standard InChI is InChI=1S/C33H23Cl2N5O3S2/c1-18-26-15-28(44-31(26)39(37-18)24-10-4-7-21(34)13-24)30(41)36-23-9-3-6-20(12-23)17-43-33(42)29-16-27-19(2)38-40(32(27)45-29)25-11-5-8-22(35)14-25/h3-16H,17H2,1-2H3,(H,36,41). The number of nitrogens with one attached hydrogen (secondary N) is 1. The molecule has 0 fully saturated rings. The third-order valence-corrected chi connectivity index (χ3v) is 9.84. The summed E-state index contributed by atoms with van der Waals surface area (Å²) in [6.45, 7) is 3.86. The molecule has 0 bridgehead atoms. The summed E-state index contributed by atoms with van der Waals surface area (Å²) in [4.78, 5) is 29.0. The first-order chi connectivity index (χ1) is 21.7. The summed E-state index contributed by atoms with van der Waals surface area (Å²) in [5, 5.41) is 15.2. The molecule has 3 aromatic carbocycles. The van der Waals surface area contributed by atoms with Gasteiger partial charge in [0.05, 0.1) is 27.6 Å². The third-order valence-electron chi connectivity index (χ3n) is 7.17. The average Bonchev–Trinajstić information content (AvgIpc) is 3.79. The predicted molar refractivity (Wildman–Crippen MR) is 181 cm³/mol. The van der Waals surface area contributed by atoms with Gasteiger partial charge in [-0.25, -0.2) is 14.2 Å². The van der Waals surface area contributed by atoms with Crippen LogP contribution in [0.3, 0.4) is 0 Å². The number of esters is 1. The summed E-state index contributed by atoms with van der Waals surface area (Å²) in [5.74, 6) is -0.672. The van der Waals surface area contributed by atoms with Gasteiger partial charge in [0.15, 0.2) is 0 Å². The quantitative estimate of drug-likeness (QED) is 0.171. The Labute approximate surface area is 275 Å². The highest BCUT2D eigenvalue weighted by Crippen LogP contribution is 2.33. The Balaban J connectivity index is 1.05. The van der Waals surface area contributed by atoms with Crippen molar-refractivity contribution in [2.75, 3.05) is 5.32 Å². The Morgan fingerprint density at radius 2 is 1.31 bits per heavy atom. The first-order valence-corrected chi connectivity index (χ1v) is 16.2. The SMILES string of the molecule is Cc1nn(-c2cccc(Cl)c2)c2sc(C(=O)Nc3cccc(COC(=O)c4cc5c(C)nn(-c6cccc(Cl)c6)c5s4)c3)cc12.